The van der Waals surface area contributed by atoms with Crippen molar-refractivity contribution in [3.8, 4) is 39.1 Å². The van der Waals surface area contributed by atoms with Crippen molar-refractivity contribution in [3.05, 3.63) is 149 Å². The predicted octanol–water partition coefficient (Wildman–Crippen LogP) is 11.2. The molecule has 8 rings (SSSR count). The number of halogens is 1. The van der Waals surface area contributed by atoms with Crippen molar-refractivity contribution >= 4 is 37.7 Å². The molecule has 0 N–H and O–H groups in total. The third-order valence-electron chi connectivity index (χ3n) is 8.86. The summed E-state index contributed by atoms with van der Waals surface area (Å²) in [5.41, 5.74) is 14.0. The molecule has 0 bridgehead atoms. The van der Waals surface area contributed by atoms with Gasteiger partial charge >= 0.3 is 0 Å². The lowest BCUT2D eigenvalue weighted by molar-refractivity contribution is 0.660. The van der Waals surface area contributed by atoms with Crippen molar-refractivity contribution in [2.75, 3.05) is 0 Å². The van der Waals surface area contributed by atoms with E-state index in [-0.39, 0.29) is 5.41 Å². The number of fused-ring (bicyclic) bond motifs is 6. The van der Waals surface area contributed by atoms with E-state index in [1.807, 2.05) is 0 Å². The molecular formula is C39H28BrN. The lowest BCUT2D eigenvalue weighted by atomic mass is 9.81. The minimum absolute atomic E-state index is 0.0437. The summed E-state index contributed by atoms with van der Waals surface area (Å²) in [6.07, 6.45) is 0. The van der Waals surface area contributed by atoms with Crippen molar-refractivity contribution in [2.24, 2.45) is 0 Å². The van der Waals surface area contributed by atoms with Crippen LogP contribution in [0.2, 0.25) is 0 Å². The number of rotatable bonds is 3. The molecule has 0 saturated heterocycles. The van der Waals surface area contributed by atoms with Crippen molar-refractivity contribution in [1.82, 2.24) is 4.57 Å². The number of aromatic nitrogens is 1. The molecule has 0 amide bonds. The van der Waals surface area contributed by atoms with E-state index in [0.717, 1.165) is 4.47 Å². The van der Waals surface area contributed by atoms with Crippen molar-refractivity contribution < 1.29 is 0 Å². The van der Waals surface area contributed by atoms with E-state index in [2.05, 4.69) is 168 Å². The lowest BCUT2D eigenvalue weighted by Crippen LogP contribution is -2.15. The van der Waals surface area contributed by atoms with Gasteiger partial charge in [0.05, 0.1) is 11.0 Å². The molecule has 6 aromatic carbocycles. The Morgan fingerprint density at radius 3 is 1.90 bits per heavy atom. The van der Waals surface area contributed by atoms with Gasteiger partial charge in [0, 0.05) is 26.3 Å². The summed E-state index contributed by atoms with van der Waals surface area (Å²) >= 11 is 3.68. The Hall–Kier alpha value is -4.40. The first kappa shape index (κ1) is 24.4. The van der Waals surface area contributed by atoms with E-state index in [1.54, 1.807) is 0 Å². The Morgan fingerprint density at radius 2 is 1.10 bits per heavy atom. The summed E-state index contributed by atoms with van der Waals surface area (Å²) in [6.45, 7) is 4.68. The highest BCUT2D eigenvalue weighted by atomic mass is 79.9. The largest absolute Gasteiger partial charge is 0.309 e. The highest BCUT2D eigenvalue weighted by Crippen LogP contribution is 2.50. The quantitative estimate of drug-likeness (QED) is 0.193. The molecule has 7 aromatic rings. The van der Waals surface area contributed by atoms with Crippen LogP contribution >= 0.6 is 15.9 Å². The molecule has 41 heavy (non-hydrogen) atoms. The van der Waals surface area contributed by atoms with E-state index in [9.17, 15) is 0 Å². The number of hydrogen-bond acceptors (Lipinski definition) is 0. The molecule has 0 atom stereocenters. The van der Waals surface area contributed by atoms with E-state index < -0.39 is 0 Å². The van der Waals surface area contributed by atoms with E-state index >= 15 is 0 Å². The normalized spacial score (nSPS) is 13.4. The average molecular weight is 591 g/mol. The lowest BCUT2D eigenvalue weighted by Gasteiger charge is -2.22. The summed E-state index contributed by atoms with van der Waals surface area (Å²) in [4.78, 5) is 0. The summed E-state index contributed by atoms with van der Waals surface area (Å²) in [5, 5.41) is 2.55. The van der Waals surface area contributed by atoms with Gasteiger partial charge in [-0.2, -0.15) is 0 Å². The van der Waals surface area contributed by atoms with Crippen LogP contribution in [0.25, 0.3) is 60.9 Å². The molecule has 1 heterocycles. The zero-order valence-electron chi connectivity index (χ0n) is 23.0. The van der Waals surface area contributed by atoms with Crippen molar-refractivity contribution in [2.45, 2.75) is 19.3 Å². The monoisotopic (exact) mass is 589 g/mol. The van der Waals surface area contributed by atoms with Gasteiger partial charge in [0.15, 0.2) is 0 Å². The van der Waals surface area contributed by atoms with Gasteiger partial charge in [-0.05, 0) is 93.0 Å². The van der Waals surface area contributed by atoms with E-state index in [4.69, 9.17) is 0 Å². The maximum absolute atomic E-state index is 3.68. The zero-order chi connectivity index (χ0) is 27.7. The molecule has 1 nitrogen and oxygen atoms in total. The second kappa shape index (κ2) is 9.06. The van der Waals surface area contributed by atoms with E-state index in [1.165, 1.54) is 72.0 Å². The van der Waals surface area contributed by atoms with Crippen LogP contribution in [0.3, 0.4) is 0 Å². The molecule has 1 aromatic heterocycles. The number of nitrogens with zero attached hydrogens (tertiary/aromatic N) is 1. The van der Waals surface area contributed by atoms with Crippen molar-refractivity contribution in [1.29, 1.82) is 0 Å². The maximum Gasteiger partial charge on any atom is 0.0547 e. The smallest absolute Gasteiger partial charge is 0.0547 e. The SMILES string of the molecule is CC1(C)c2cc(Br)ccc2-c2ccc(-c3cccc(-c4ccc5c6ccccc6n(-c6ccccc6)c5c4)c3)cc21. The van der Waals surface area contributed by atoms with Crippen LogP contribution in [0.15, 0.2) is 138 Å². The molecule has 1 aliphatic carbocycles. The minimum Gasteiger partial charge on any atom is -0.309 e. The molecule has 0 saturated carbocycles. The molecule has 0 fully saturated rings. The molecule has 196 valence electrons. The van der Waals surface area contributed by atoms with Crippen LogP contribution in [0, 0.1) is 0 Å². The summed E-state index contributed by atoms with van der Waals surface area (Å²) in [7, 11) is 0. The van der Waals surface area contributed by atoms with Gasteiger partial charge in [-0.1, -0.05) is 115 Å². The molecular weight excluding hydrogens is 562 g/mol. The van der Waals surface area contributed by atoms with Gasteiger partial charge in [-0.3, -0.25) is 0 Å². The van der Waals surface area contributed by atoms with Crippen LogP contribution in [0.4, 0.5) is 0 Å². The maximum atomic E-state index is 3.68. The topological polar surface area (TPSA) is 4.93 Å². The first-order valence-corrected chi connectivity index (χ1v) is 14.9. The highest BCUT2D eigenvalue weighted by Gasteiger charge is 2.35. The van der Waals surface area contributed by atoms with Crippen LogP contribution in [0.1, 0.15) is 25.0 Å². The number of benzene rings is 6. The van der Waals surface area contributed by atoms with Crippen molar-refractivity contribution in [3.63, 3.8) is 0 Å². The highest BCUT2D eigenvalue weighted by molar-refractivity contribution is 9.10. The number of hydrogen-bond donors (Lipinski definition) is 0. The Labute approximate surface area is 248 Å². The van der Waals surface area contributed by atoms with Gasteiger partial charge in [0.1, 0.15) is 0 Å². The molecule has 2 heteroatoms. The Kier molecular flexibility index (Phi) is 5.39. The van der Waals surface area contributed by atoms with Gasteiger partial charge in [-0.15, -0.1) is 0 Å². The third-order valence-corrected chi connectivity index (χ3v) is 9.35. The first-order valence-electron chi connectivity index (χ1n) is 14.1. The Balaban J connectivity index is 1.25. The zero-order valence-corrected chi connectivity index (χ0v) is 24.6. The van der Waals surface area contributed by atoms with Gasteiger partial charge in [-0.25, -0.2) is 0 Å². The average Bonchev–Trinajstić information content (AvgIpc) is 3.45. The summed E-state index contributed by atoms with van der Waals surface area (Å²) in [6, 6.07) is 48.9. The second-order valence-electron chi connectivity index (χ2n) is 11.6. The van der Waals surface area contributed by atoms with Crippen LogP contribution in [-0.2, 0) is 5.41 Å². The molecule has 0 spiro atoms. The van der Waals surface area contributed by atoms with E-state index in [0.29, 0.717) is 0 Å². The second-order valence-corrected chi connectivity index (χ2v) is 12.5. The Bertz CT molecular complexity index is 2130. The molecule has 0 aliphatic heterocycles. The fourth-order valence-corrected chi connectivity index (χ4v) is 7.13. The fraction of sp³-hybridized carbons (Fsp3) is 0.0769. The molecule has 0 unspecified atom stereocenters. The van der Waals surface area contributed by atoms with Gasteiger partial charge in [0.25, 0.3) is 0 Å². The van der Waals surface area contributed by atoms with Crippen LogP contribution in [0.5, 0.6) is 0 Å². The third kappa shape index (κ3) is 3.74. The standard InChI is InChI=1S/C39H28BrN/c1-39(2)35-22-27(15-18-31(35)32-20-17-29(40)24-36(32)39)25-9-8-10-26(21-25)28-16-19-34-33-13-6-7-14-37(33)41(38(34)23-28)30-11-4-3-5-12-30/h3-24H,1-2H3. The summed E-state index contributed by atoms with van der Waals surface area (Å²) in [5.74, 6) is 0. The molecule has 0 radical (unpaired) electrons. The fourth-order valence-electron chi connectivity index (χ4n) is 6.77. The summed E-state index contributed by atoms with van der Waals surface area (Å²) < 4.78 is 3.52. The Morgan fingerprint density at radius 1 is 0.488 bits per heavy atom. The molecule has 1 aliphatic rings. The first-order chi connectivity index (χ1) is 20.0. The van der Waals surface area contributed by atoms with Crippen LogP contribution in [-0.4, -0.2) is 4.57 Å². The minimum atomic E-state index is -0.0437. The van der Waals surface area contributed by atoms with Crippen LogP contribution < -0.4 is 0 Å². The van der Waals surface area contributed by atoms with Gasteiger partial charge < -0.3 is 4.57 Å². The van der Waals surface area contributed by atoms with Gasteiger partial charge in [0.2, 0.25) is 0 Å². The predicted molar refractivity (Wildman–Crippen MR) is 177 cm³/mol. The number of para-hydroxylation sites is 2.